The summed E-state index contributed by atoms with van der Waals surface area (Å²) in [4.78, 5) is 15.2. The van der Waals surface area contributed by atoms with Crippen molar-refractivity contribution < 1.29 is 14.3 Å². The zero-order chi connectivity index (χ0) is 20.1. The third-order valence-electron chi connectivity index (χ3n) is 4.66. The van der Waals surface area contributed by atoms with Gasteiger partial charge in [-0.15, -0.1) is 0 Å². The van der Waals surface area contributed by atoms with Crippen LogP contribution in [0, 0.1) is 6.92 Å². The summed E-state index contributed by atoms with van der Waals surface area (Å²) in [7, 11) is 3.25. The first-order valence-corrected chi connectivity index (χ1v) is 10.3. The van der Waals surface area contributed by atoms with Gasteiger partial charge in [0.2, 0.25) is 0 Å². The number of ether oxygens (including phenoxy) is 2. The maximum Gasteiger partial charge on any atom is 0.266 e. The lowest BCUT2D eigenvalue weighted by Gasteiger charge is -2.14. The van der Waals surface area contributed by atoms with Crippen molar-refractivity contribution in [3.05, 3.63) is 64.1 Å². The van der Waals surface area contributed by atoms with Crippen molar-refractivity contribution in [2.24, 2.45) is 0 Å². The van der Waals surface area contributed by atoms with Crippen LogP contribution < -0.4 is 9.47 Å². The smallest absolute Gasteiger partial charge is 0.266 e. The molecule has 0 atom stereocenters. The second kappa shape index (κ2) is 9.26. The molecule has 1 aliphatic heterocycles. The third kappa shape index (κ3) is 4.39. The van der Waals surface area contributed by atoms with Gasteiger partial charge in [0.25, 0.3) is 5.91 Å². The Hall–Kier alpha value is -2.31. The van der Waals surface area contributed by atoms with Gasteiger partial charge in [0.1, 0.15) is 15.8 Å². The van der Waals surface area contributed by atoms with E-state index in [1.807, 2.05) is 43.3 Å². The molecule has 2 aromatic carbocycles. The molecular weight excluding hydrogens is 390 g/mol. The molecule has 1 heterocycles. The lowest BCUT2D eigenvalue weighted by Crippen LogP contribution is -2.29. The van der Waals surface area contributed by atoms with E-state index in [4.69, 9.17) is 21.7 Å². The Balaban J connectivity index is 1.73. The van der Waals surface area contributed by atoms with Crippen molar-refractivity contribution in [2.45, 2.75) is 19.8 Å². The zero-order valence-electron chi connectivity index (χ0n) is 16.2. The highest BCUT2D eigenvalue weighted by atomic mass is 32.2. The minimum atomic E-state index is -0.0430. The number of rotatable bonds is 7. The highest BCUT2D eigenvalue weighted by Gasteiger charge is 2.31. The SMILES string of the molecule is COc1ccc(/C=C2\SC(=S)N(CCCc3ccccc3)C2=O)c(OC)c1C. The molecule has 0 unspecified atom stereocenters. The molecule has 3 rings (SSSR count). The molecule has 0 saturated carbocycles. The first kappa shape index (κ1) is 20.4. The Labute approximate surface area is 175 Å². The first-order chi connectivity index (χ1) is 13.5. The molecule has 1 fully saturated rings. The quantitative estimate of drug-likeness (QED) is 0.479. The number of carbonyl (C=O) groups excluding carboxylic acids is 1. The van der Waals surface area contributed by atoms with E-state index in [0.717, 1.165) is 29.7 Å². The van der Waals surface area contributed by atoms with E-state index in [0.29, 0.717) is 21.5 Å². The monoisotopic (exact) mass is 413 g/mol. The molecule has 146 valence electrons. The van der Waals surface area contributed by atoms with Gasteiger partial charge in [0, 0.05) is 17.7 Å². The van der Waals surface area contributed by atoms with E-state index < -0.39 is 0 Å². The minimum absolute atomic E-state index is 0.0430. The number of hydrogen-bond acceptors (Lipinski definition) is 5. The molecule has 0 spiro atoms. The van der Waals surface area contributed by atoms with Crippen molar-refractivity contribution in [3.63, 3.8) is 0 Å². The van der Waals surface area contributed by atoms with Gasteiger partial charge in [0.15, 0.2) is 0 Å². The van der Waals surface area contributed by atoms with Gasteiger partial charge in [-0.25, -0.2) is 0 Å². The fourth-order valence-corrected chi connectivity index (χ4v) is 4.52. The fourth-order valence-electron chi connectivity index (χ4n) is 3.22. The molecule has 1 saturated heterocycles. The second-order valence-corrected chi connectivity index (χ2v) is 8.11. The average molecular weight is 414 g/mol. The Bertz CT molecular complexity index is 909. The van der Waals surface area contributed by atoms with Gasteiger partial charge < -0.3 is 9.47 Å². The fraction of sp³-hybridized carbons (Fsp3) is 0.273. The number of methoxy groups -OCH3 is 2. The Morgan fingerprint density at radius 2 is 1.86 bits per heavy atom. The number of nitrogens with zero attached hydrogens (tertiary/aromatic N) is 1. The van der Waals surface area contributed by atoms with Gasteiger partial charge in [-0.1, -0.05) is 54.3 Å². The van der Waals surface area contributed by atoms with Crippen LogP contribution in [-0.4, -0.2) is 35.9 Å². The summed E-state index contributed by atoms with van der Waals surface area (Å²) in [6, 6.07) is 14.0. The van der Waals surface area contributed by atoms with Crippen molar-refractivity contribution in [1.82, 2.24) is 4.90 Å². The van der Waals surface area contributed by atoms with Gasteiger partial charge in [-0.3, -0.25) is 9.69 Å². The number of aryl methyl sites for hydroxylation is 1. The van der Waals surface area contributed by atoms with Crippen LogP contribution in [0.5, 0.6) is 11.5 Å². The van der Waals surface area contributed by atoms with Gasteiger partial charge >= 0.3 is 0 Å². The number of thiocarbonyl (C=S) groups is 1. The Morgan fingerprint density at radius 3 is 2.54 bits per heavy atom. The van der Waals surface area contributed by atoms with Crippen molar-refractivity contribution in [1.29, 1.82) is 0 Å². The Kier molecular flexibility index (Phi) is 6.75. The van der Waals surface area contributed by atoms with Crippen LogP contribution >= 0.6 is 24.0 Å². The summed E-state index contributed by atoms with van der Waals surface area (Å²) in [5, 5.41) is 0. The highest BCUT2D eigenvalue weighted by Crippen LogP contribution is 2.37. The average Bonchev–Trinajstić information content (AvgIpc) is 2.96. The molecule has 28 heavy (non-hydrogen) atoms. The van der Waals surface area contributed by atoms with E-state index >= 15 is 0 Å². The predicted molar refractivity (Wildman–Crippen MR) is 119 cm³/mol. The maximum atomic E-state index is 12.9. The first-order valence-electron chi connectivity index (χ1n) is 9.06. The van der Waals surface area contributed by atoms with E-state index in [1.165, 1.54) is 17.3 Å². The summed E-state index contributed by atoms with van der Waals surface area (Å²) < 4.78 is 11.5. The molecule has 2 aromatic rings. The van der Waals surface area contributed by atoms with E-state index in [1.54, 1.807) is 19.1 Å². The normalized spacial score (nSPS) is 15.4. The van der Waals surface area contributed by atoms with Crippen LogP contribution in [0.15, 0.2) is 47.4 Å². The third-order valence-corrected chi connectivity index (χ3v) is 6.04. The largest absolute Gasteiger partial charge is 0.496 e. The topological polar surface area (TPSA) is 38.8 Å². The summed E-state index contributed by atoms with van der Waals surface area (Å²) in [6.45, 7) is 2.56. The molecule has 0 radical (unpaired) electrons. The van der Waals surface area contributed by atoms with Crippen LogP contribution in [0.1, 0.15) is 23.1 Å². The molecular formula is C22H23NO3S2. The molecule has 6 heteroatoms. The molecule has 0 bridgehead atoms. The summed E-state index contributed by atoms with van der Waals surface area (Å²) in [5.41, 5.74) is 3.00. The van der Waals surface area contributed by atoms with Gasteiger partial charge in [-0.05, 0) is 43.5 Å². The van der Waals surface area contributed by atoms with Gasteiger partial charge in [0.05, 0.1) is 19.1 Å². The molecule has 1 amide bonds. The number of hydrogen-bond donors (Lipinski definition) is 0. The predicted octanol–water partition coefficient (Wildman–Crippen LogP) is 4.85. The minimum Gasteiger partial charge on any atom is -0.496 e. The number of thioether (sulfide) groups is 1. The number of amides is 1. The highest BCUT2D eigenvalue weighted by molar-refractivity contribution is 8.26. The zero-order valence-corrected chi connectivity index (χ0v) is 17.9. The molecule has 0 aliphatic carbocycles. The van der Waals surface area contributed by atoms with Crippen LogP contribution in [0.3, 0.4) is 0 Å². The second-order valence-electron chi connectivity index (χ2n) is 6.44. The maximum absolute atomic E-state index is 12.9. The van der Waals surface area contributed by atoms with Crippen LogP contribution in [0.25, 0.3) is 6.08 Å². The van der Waals surface area contributed by atoms with Crippen LogP contribution in [0.2, 0.25) is 0 Å². The molecule has 1 aliphatic rings. The lowest BCUT2D eigenvalue weighted by molar-refractivity contribution is -0.122. The van der Waals surface area contributed by atoms with Crippen molar-refractivity contribution >= 4 is 40.3 Å². The van der Waals surface area contributed by atoms with Crippen molar-refractivity contribution in [2.75, 3.05) is 20.8 Å². The van der Waals surface area contributed by atoms with Crippen molar-refractivity contribution in [3.8, 4) is 11.5 Å². The van der Waals surface area contributed by atoms with E-state index in [-0.39, 0.29) is 5.91 Å². The Morgan fingerprint density at radius 1 is 1.11 bits per heavy atom. The number of carbonyl (C=O) groups is 1. The summed E-state index contributed by atoms with van der Waals surface area (Å²) in [5.74, 6) is 1.41. The molecule has 0 N–H and O–H groups in total. The van der Waals surface area contributed by atoms with E-state index in [2.05, 4.69) is 12.1 Å². The lowest BCUT2D eigenvalue weighted by atomic mass is 10.1. The number of benzene rings is 2. The summed E-state index contributed by atoms with van der Waals surface area (Å²) in [6.07, 6.45) is 3.64. The molecule has 0 aromatic heterocycles. The summed E-state index contributed by atoms with van der Waals surface area (Å²) >= 11 is 6.78. The van der Waals surface area contributed by atoms with Gasteiger partial charge in [-0.2, -0.15) is 0 Å². The van der Waals surface area contributed by atoms with Crippen LogP contribution in [-0.2, 0) is 11.2 Å². The van der Waals surface area contributed by atoms with Crippen LogP contribution in [0.4, 0.5) is 0 Å². The van der Waals surface area contributed by atoms with E-state index in [9.17, 15) is 4.79 Å². The molecule has 4 nitrogen and oxygen atoms in total. The standard InChI is InChI=1S/C22H23NO3S2/c1-15-18(25-2)12-11-17(20(15)26-3)14-19-21(24)23(22(27)28-19)13-7-10-16-8-5-4-6-9-16/h4-6,8-9,11-12,14H,7,10,13H2,1-3H3/b19-14-.